The second-order valence-corrected chi connectivity index (χ2v) is 10.1. The average Bonchev–Trinajstić information content (AvgIpc) is 2.99. The molecule has 0 aliphatic carbocycles. The number of ether oxygens (including phenoxy) is 1. The first-order valence-electron chi connectivity index (χ1n) is 14.0. The Balaban J connectivity index is 1.72. The van der Waals surface area contributed by atoms with Crippen LogP contribution in [0.5, 0.6) is 11.5 Å². The molecule has 0 heterocycles. The van der Waals surface area contributed by atoms with Crippen molar-refractivity contribution in [3.63, 3.8) is 0 Å². The highest BCUT2D eigenvalue weighted by Gasteiger charge is 2.31. The molecule has 0 unspecified atom stereocenters. The molecule has 4 aromatic carbocycles. The minimum absolute atomic E-state index is 0.126. The van der Waals surface area contributed by atoms with Crippen molar-refractivity contribution < 1.29 is 23.0 Å². The number of aromatic hydroxyl groups is 1. The topological polar surface area (TPSA) is 56.5 Å². The van der Waals surface area contributed by atoms with Gasteiger partial charge in [-0.25, -0.2) is 0 Å². The molecule has 1 N–H and O–H groups in total. The molecule has 220 valence electrons. The van der Waals surface area contributed by atoms with E-state index in [2.05, 4.69) is 17.7 Å². The van der Waals surface area contributed by atoms with E-state index in [1.807, 2.05) is 96.8 Å². The van der Waals surface area contributed by atoms with Gasteiger partial charge in [-0.1, -0.05) is 85.8 Å². The zero-order chi connectivity index (χ0) is 30.8. The van der Waals surface area contributed by atoms with E-state index in [1.165, 1.54) is 12.1 Å². The van der Waals surface area contributed by atoms with Crippen molar-refractivity contribution in [3.8, 4) is 28.7 Å². The van der Waals surface area contributed by atoms with E-state index in [-0.39, 0.29) is 12.3 Å². The number of phenols is 1. The highest BCUT2D eigenvalue weighted by Crippen LogP contribution is 2.33. The van der Waals surface area contributed by atoms with Gasteiger partial charge in [-0.2, -0.15) is 5.26 Å². The number of alkyl halides is 3. The Labute approximate surface area is 250 Å². The molecule has 0 bridgehead atoms. The van der Waals surface area contributed by atoms with Gasteiger partial charge in [-0.3, -0.25) is 4.90 Å². The maximum Gasteiger partial charge on any atom is 0.573 e. The van der Waals surface area contributed by atoms with E-state index in [4.69, 9.17) is 0 Å². The van der Waals surface area contributed by atoms with Gasteiger partial charge in [-0.15, -0.1) is 13.2 Å². The first kappa shape index (κ1) is 31.1. The van der Waals surface area contributed by atoms with Crippen molar-refractivity contribution in [2.75, 3.05) is 6.54 Å². The first-order chi connectivity index (χ1) is 20.7. The highest BCUT2D eigenvalue weighted by molar-refractivity contribution is 5.97. The molecule has 4 rings (SSSR count). The molecule has 0 fully saturated rings. The standard InChI is InChI=1S/C36H33F3N2O2/c1-3-5-6-7-11-26(4-2)23-41(25-30-21-31(18-19-35(30)42)43-36(37,38)39)24-27-16-17-29(22-40)34(20-27)33-15-10-13-28-12-8-9-14-32(28)33/h4-21,42H,3,23-25H2,1-2H3/b6-5+,11-7-,26-4+. The summed E-state index contributed by atoms with van der Waals surface area (Å²) in [7, 11) is 0. The number of benzene rings is 4. The van der Waals surface area contributed by atoms with Crippen LogP contribution in [-0.2, 0) is 13.1 Å². The maximum atomic E-state index is 12.9. The van der Waals surface area contributed by atoms with E-state index in [1.54, 1.807) is 6.07 Å². The predicted octanol–water partition coefficient (Wildman–Crippen LogP) is 9.45. The molecular weight excluding hydrogens is 549 g/mol. The van der Waals surface area contributed by atoms with Gasteiger partial charge in [0.25, 0.3) is 0 Å². The van der Waals surface area contributed by atoms with Crippen LogP contribution < -0.4 is 4.74 Å². The molecule has 0 aliphatic rings. The Morgan fingerprint density at radius 1 is 0.953 bits per heavy atom. The van der Waals surface area contributed by atoms with Gasteiger partial charge in [-0.05, 0) is 71.1 Å². The van der Waals surface area contributed by atoms with Gasteiger partial charge in [0.1, 0.15) is 11.5 Å². The minimum Gasteiger partial charge on any atom is -0.508 e. The zero-order valence-corrected chi connectivity index (χ0v) is 24.1. The van der Waals surface area contributed by atoms with Crippen molar-refractivity contribution in [2.24, 2.45) is 0 Å². The van der Waals surface area contributed by atoms with Gasteiger partial charge in [0.2, 0.25) is 0 Å². The van der Waals surface area contributed by atoms with E-state index in [0.717, 1.165) is 45.5 Å². The summed E-state index contributed by atoms with van der Waals surface area (Å²) in [5, 5.41) is 22.6. The second kappa shape index (κ2) is 14.4. The number of nitrogens with zero attached hydrogens (tertiary/aromatic N) is 2. The summed E-state index contributed by atoms with van der Waals surface area (Å²) in [6.45, 7) is 5.00. The third-order valence-corrected chi connectivity index (χ3v) is 6.94. The van der Waals surface area contributed by atoms with E-state index in [9.17, 15) is 23.5 Å². The Morgan fingerprint density at radius 2 is 1.74 bits per heavy atom. The molecule has 0 spiro atoms. The molecule has 7 heteroatoms. The summed E-state index contributed by atoms with van der Waals surface area (Å²) in [5.41, 5.74) is 4.49. The van der Waals surface area contributed by atoms with Crippen molar-refractivity contribution in [1.29, 1.82) is 5.26 Å². The smallest absolute Gasteiger partial charge is 0.508 e. The number of rotatable bonds is 11. The van der Waals surface area contributed by atoms with Crippen LogP contribution in [0.25, 0.3) is 21.9 Å². The molecule has 0 aliphatic heterocycles. The first-order valence-corrected chi connectivity index (χ1v) is 14.0. The number of hydrogen-bond acceptors (Lipinski definition) is 4. The molecule has 4 aromatic rings. The fraction of sp³-hybridized carbons (Fsp3) is 0.194. The quantitative estimate of drug-likeness (QED) is 0.179. The highest BCUT2D eigenvalue weighted by atomic mass is 19.4. The second-order valence-electron chi connectivity index (χ2n) is 10.1. The number of nitriles is 1. The van der Waals surface area contributed by atoms with Crippen molar-refractivity contribution in [3.05, 3.63) is 132 Å². The number of allylic oxidation sites excluding steroid dienone is 4. The molecular formula is C36H33F3N2O2. The third-order valence-electron chi connectivity index (χ3n) is 6.94. The van der Waals surface area contributed by atoms with E-state index < -0.39 is 12.1 Å². The van der Waals surface area contributed by atoms with E-state index >= 15 is 0 Å². The van der Waals surface area contributed by atoms with Crippen LogP contribution in [0.3, 0.4) is 0 Å². The van der Waals surface area contributed by atoms with Crippen LogP contribution in [0.15, 0.2) is 115 Å². The fourth-order valence-corrected chi connectivity index (χ4v) is 4.92. The van der Waals surface area contributed by atoms with Crippen LogP contribution in [0.2, 0.25) is 0 Å². The summed E-state index contributed by atoms with van der Waals surface area (Å²) in [6, 6.07) is 25.5. The van der Waals surface area contributed by atoms with Gasteiger partial charge >= 0.3 is 6.36 Å². The predicted molar refractivity (Wildman–Crippen MR) is 165 cm³/mol. The van der Waals surface area contributed by atoms with Crippen LogP contribution in [0.4, 0.5) is 13.2 Å². The van der Waals surface area contributed by atoms with Crippen molar-refractivity contribution in [1.82, 2.24) is 4.90 Å². The normalized spacial score (nSPS) is 12.4. The van der Waals surface area contributed by atoms with Crippen LogP contribution in [0, 0.1) is 11.3 Å². The van der Waals surface area contributed by atoms with E-state index in [0.29, 0.717) is 24.2 Å². The SMILES string of the molecule is C\C=C(/C=C\C=C\CC)CN(Cc1ccc(C#N)c(-c2cccc3ccccc23)c1)Cc1cc(OC(F)(F)F)ccc1O. The number of fused-ring (bicyclic) bond motifs is 1. The van der Waals surface area contributed by atoms with Crippen LogP contribution >= 0.6 is 0 Å². The van der Waals surface area contributed by atoms with Crippen molar-refractivity contribution in [2.45, 2.75) is 39.7 Å². The van der Waals surface area contributed by atoms with Crippen molar-refractivity contribution >= 4 is 10.8 Å². The summed E-state index contributed by atoms with van der Waals surface area (Å²) >= 11 is 0. The summed E-state index contributed by atoms with van der Waals surface area (Å²) in [5.74, 6) is -0.521. The Morgan fingerprint density at radius 3 is 2.49 bits per heavy atom. The maximum absolute atomic E-state index is 12.9. The summed E-state index contributed by atoms with van der Waals surface area (Å²) in [6.07, 6.45) is 5.99. The fourth-order valence-electron chi connectivity index (χ4n) is 4.92. The monoisotopic (exact) mass is 582 g/mol. The van der Waals surface area contributed by atoms with Gasteiger partial charge in [0.15, 0.2) is 0 Å². The molecule has 0 saturated heterocycles. The Bertz CT molecular complexity index is 1690. The third kappa shape index (κ3) is 8.60. The number of halogens is 3. The lowest BCUT2D eigenvalue weighted by molar-refractivity contribution is -0.274. The molecule has 0 atom stereocenters. The molecule has 0 saturated carbocycles. The lowest BCUT2D eigenvalue weighted by atomic mass is 9.93. The summed E-state index contributed by atoms with van der Waals surface area (Å²) < 4.78 is 42.8. The Kier molecular flexibility index (Phi) is 10.4. The number of hydrogen-bond donors (Lipinski definition) is 1. The zero-order valence-electron chi connectivity index (χ0n) is 24.1. The lowest BCUT2D eigenvalue weighted by Gasteiger charge is -2.24. The molecule has 0 amide bonds. The molecule has 0 radical (unpaired) electrons. The minimum atomic E-state index is -4.84. The molecule has 43 heavy (non-hydrogen) atoms. The van der Waals surface area contributed by atoms with Crippen LogP contribution in [-0.4, -0.2) is 22.9 Å². The largest absolute Gasteiger partial charge is 0.573 e. The lowest BCUT2D eigenvalue weighted by Crippen LogP contribution is -2.25. The van der Waals surface area contributed by atoms with Gasteiger partial charge in [0, 0.05) is 30.8 Å². The van der Waals surface area contributed by atoms with Gasteiger partial charge in [0.05, 0.1) is 11.6 Å². The van der Waals surface area contributed by atoms with Gasteiger partial charge < -0.3 is 9.84 Å². The summed E-state index contributed by atoms with van der Waals surface area (Å²) in [4.78, 5) is 2.03. The molecule has 0 aromatic heterocycles. The Hall–Kier alpha value is -4.80. The molecule has 4 nitrogen and oxygen atoms in total. The van der Waals surface area contributed by atoms with Crippen LogP contribution in [0.1, 0.15) is 37.0 Å². The number of phenolic OH excluding ortho intramolecular Hbond substituents is 1. The average molecular weight is 583 g/mol.